The molecule has 0 spiro atoms. The average molecular weight is 319 g/mol. The van der Waals surface area contributed by atoms with Gasteiger partial charge in [-0.1, -0.05) is 42.0 Å². The summed E-state index contributed by atoms with van der Waals surface area (Å²) in [6.07, 6.45) is 4.03. The zero-order chi connectivity index (χ0) is 16.5. The van der Waals surface area contributed by atoms with E-state index in [1.807, 2.05) is 12.1 Å². The summed E-state index contributed by atoms with van der Waals surface area (Å²) in [5.41, 5.74) is 4.94. The van der Waals surface area contributed by atoms with Crippen LogP contribution in [-0.4, -0.2) is 14.9 Å². The number of hydrogen-bond donors (Lipinski definition) is 1. The summed E-state index contributed by atoms with van der Waals surface area (Å²) < 4.78 is 14.0. The Morgan fingerprint density at radius 2 is 2.04 bits per heavy atom. The molecule has 0 atom stereocenters. The Morgan fingerprint density at radius 3 is 2.88 bits per heavy atom. The highest BCUT2D eigenvalue weighted by atomic mass is 19.1. The van der Waals surface area contributed by atoms with Gasteiger partial charge in [0, 0.05) is 12.7 Å². The number of aromatic amines is 1. The van der Waals surface area contributed by atoms with Crippen LogP contribution in [0.5, 0.6) is 0 Å². The van der Waals surface area contributed by atoms with Gasteiger partial charge in [0.1, 0.15) is 11.6 Å². The first kappa shape index (κ1) is 14.7. The van der Waals surface area contributed by atoms with Crippen molar-refractivity contribution in [2.24, 2.45) is 0 Å². The third-order valence-electron chi connectivity index (χ3n) is 4.21. The molecule has 0 aliphatic carbocycles. The molecular weight excluding hydrogens is 301 g/mol. The summed E-state index contributed by atoms with van der Waals surface area (Å²) in [7, 11) is 0. The van der Waals surface area contributed by atoms with Gasteiger partial charge < -0.3 is 9.88 Å². The second-order valence-electron chi connectivity index (χ2n) is 6.14. The van der Waals surface area contributed by atoms with Crippen LogP contribution in [-0.2, 0) is 13.1 Å². The second-order valence-corrected chi connectivity index (χ2v) is 6.14. The van der Waals surface area contributed by atoms with Crippen LogP contribution < -0.4 is 0 Å². The molecular formula is C20H18FN3. The predicted octanol–water partition coefficient (Wildman–Crippen LogP) is 4.51. The Labute approximate surface area is 140 Å². The van der Waals surface area contributed by atoms with Crippen LogP contribution >= 0.6 is 0 Å². The standard InChI is InChI=1S/C20H18FN3/c1-14-5-4-6-15(11-14)12-24-10-9-18-19(13-24)23-20(22-18)16-7-2-3-8-17(16)21/h2-11H,12-13H2,1H3,(H,22,23). The van der Waals surface area contributed by atoms with Crippen LogP contribution in [0.15, 0.2) is 54.7 Å². The van der Waals surface area contributed by atoms with Gasteiger partial charge >= 0.3 is 0 Å². The van der Waals surface area contributed by atoms with Crippen molar-refractivity contribution in [2.75, 3.05) is 0 Å². The maximum absolute atomic E-state index is 14.0. The van der Waals surface area contributed by atoms with Gasteiger partial charge in [0.05, 0.1) is 23.5 Å². The van der Waals surface area contributed by atoms with Crippen molar-refractivity contribution in [2.45, 2.75) is 20.0 Å². The molecule has 0 fully saturated rings. The van der Waals surface area contributed by atoms with E-state index in [0.717, 1.165) is 24.5 Å². The van der Waals surface area contributed by atoms with Crippen molar-refractivity contribution in [1.29, 1.82) is 0 Å². The number of aryl methyl sites for hydroxylation is 1. The van der Waals surface area contributed by atoms with E-state index in [-0.39, 0.29) is 5.82 Å². The molecule has 4 heteroatoms. The van der Waals surface area contributed by atoms with Crippen molar-refractivity contribution in [3.8, 4) is 11.4 Å². The van der Waals surface area contributed by atoms with Crippen LogP contribution in [0.3, 0.4) is 0 Å². The van der Waals surface area contributed by atoms with Gasteiger partial charge in [0.25, 0.3) is 0 Å². The van der Waals surface area contributed by atoms with Gasteiger partial charge in [-0.25, -0.2) is 9.37 Å². The van der Waals surface area contributed by atoms with Gasteiger partial charge in [0.2, 0.25) is 0 Å². The number of aromatic nitrogens is 2. The number of H-pyrrole nitrogens is 1. The Bertz CT molecular complexity index is 911. The molecule has 4 rings (SSSR count). The molecule has 0 radical (unpaired) electrons. The van der Waals surface area contributed by atoms with Crippen LogP contribution in [0, 0.1) is 12.7 Å². The number of nitrogens with zero attached hydrogens (tertiary/aromatic N) is 2. The number of hydrogen-bond acceptors (Lipinski definition) is 2. The van der Waals surface area contributed by atoms with Crippen molar-refractivity contribution in [3.05, 3.63) is 83.1 Å². The van der Waals surface area contributed by atoms with Gasteiger partial charge in [-0.2, -0.15) is 0 Å². The Kier molecular flexibility index (Phi) is 3.65. The van der Waals surface area contributed by atoms with Gasteiger partial charge in [-0.05, 0) is 30.7 Å². The molecule has 0 amide bonds. The number of fused-ring (bicyclic) bond motifs is 1. The van der Waals surface area contributed by atoms with E-state index >= 15 is 0 Å². The highest BCUT2D eigenvalue weighted by Gasteiger charge is 2.17. The smallest absolute Gasteiger partial charge is 0.141 e. The maximum Gasteiger partial charge on any atom is 0.141 e. The topological polar surface area (TPSA) is 31.9 Å². The molecule has 2 aromatic carbocycles. The first-order valence-corrected chi connectivity index (χ1v) is 8.00. The predicted molar refractivity (Wildman–Crippen MR) is 93.4 cm³/mol. The molecule has 0 saturated heterocycles. The SMILES string of the molecule is Cc1cccc(CN2C=Cc3nc(-c4ccccc4F)[nH]c3C2)c1. The minimum atomic E-state index is -0.260. The van der Waals surface area contributed by atoms with E-state index in [4.69, 9.17) is 0 Å². The Hall–Kier alpha value is -2.88. The van der Waals surface area contributed by atoms with Gasteiger partial charge in [-0.15, -0.1) is 0 Å². The number of benzene rings is 2. The third kappa shape index (κ3) is 2.83. The second kappa shape index (κ2) is 5.96. The molecule has 1 N–H and O–H groups in total. The molecule has 3 aromatic rings. The minimum absolute atomic E-state index is 0.260. The lowest BCUT2D eigenvalue weighted by Crippen LogP contribution is -2.19. The van der Waals surface area contributed by atoms with Gasteiger partial charge in [-0.3, -0.25) is 0 Å². The van der Waals surface area contributed by atoms with E-state index in [0.29, 0.717) is 11.4 Å². The highest BCUT2D eigenvalue weighted by molar-refractivity contribution is 5.61. The Balaban J connectivity index is 1.56. The maximum atomic E-state index is 14.0. The summed E-state index contributed by atoms with van der Waals surface area (Å²) in [5, 5.41) is 0. The fraction of sp³-hybridized carbons (Fsp3) is 0.150. The minimum Gasteiger partial charge on any atom is -0.367 e. The summed E-state index contributed by atoms with van der Waals surface area (Å²) in [6, 6.07) is 15.2. The van der Waals surface area contributed by atoms with Crippen LogP contribution in [0.1, 0.15) is 22.5 Å². The largest absolute Gasteiger partial charge is 0.367 e. The molecule has 0 saturated carbocycles. The van der Waals surface area contributed by atoms with Crippen LogP contribution in [0.25, 0.3) is 17.5 Å². The highest BCUT2D eigenvalue weighted by Crippen LogP contribution is 2.25. The first-order valence-electron chi connectivity index (χ1n) is 8.00. The fourth-order valence-corrected chi connectivity index (χ4v) is 3.05. The zero-order valence-corrected chi connectivity index (χ0v) is 13.5. The fourth-order valence-electron chi connectivity index (χ4n) is 3.05. The van der Waals surface area contributed by atoms with Crippen LogP contribution in [0.2, 0.25) is 0 Å². The summed E-state index contributed by atoms with van der Waals surface area (Å²) in [5.74, 6) is 0.323. The molecule has 2 heterocycles. The molecule has 24 heavy (non-hydrogen) atoms. The number of nitrogens with one attached hydrogen (secondary N) is 1. The zero-order valence-electron chi connectivity index (χ0n) is 13.5. The van der Waals surface area contributed by atoms with E-state index in [2.05, 4.69) is 52.3 Å². The Morgan fingerprint density at radius 1 is 1.17 bits per heavy atom. The third-order valence-corrected chi connectivity index (χ3v) is 4.21. The van der Waals surface area contributed by atoms with Gasteiger partial charge in [0.15, 0.2) is 0 Å². The summed E-state index contributed by atoms with van der Waals surface area (Å²) in [6.45, 7) is 3.68. The van der Waals surface area contributed by atoms with Crippen LogP contribution in [0.4, 0.5) is 4.39 Å². The number of rotatable bonds is 3. The number of imidazole rings is 1. The molecule has 0 bridgehead atoms. The summed E-state index contributed by atoms with van der Waals surface area (Å²) >= 11 is 0. The monoisotopic (exact) mass is 319 g/mol. The molecule has 120 valence electrons. The summed E-state index contributed by atoms with van der Waals surface area (Å²) in [4.78, 5) is 10.0. The average Bonchev–Trinajstić information content (AvgIpc) is 2.98. The number of halogens is 1. The van der Waals surface area contributed by atoms with E-state index in [1.165, 1.54) is 17.2 Å². The normalized spacial score (nSPS) is 13.2. The lowest BCUT2D eigenvalue weighted by atomic mass is 10.1. The van der Waals surface area contributed by atoms with Crippen molar-refractivity contribution < 1.29 is 4.39 Å². The molecule has 3 nitrogen and oxygen atoms in total. The first-order chi connectivity index (χ1) is 11.7. The van der Waals surface area contributed by atoms with E-state index in [1.54, 1.807) is 12.1 Å². The molecule has 1 aliphatic heterocycles. The molecule has 1 aliphatic rings. The molecule has 1 aromatic heterocycles. The van der Waals surface area contributed by atoms with E-state index in [9.17, 15) is 4.39 Å². The van der Waals surface area contributed by atoms with Crippen molar-refractivity contribution >= 4 is 6.08 Å². The van der Waals surface area contributed by atoms with Crippen molar-refractivity contribution in [1.82, 2.24) is 14.9 Å². The molecule has 0 unspecified atom stereocenters. The van der Waals surface area contributed by atoms with E-state index < -0.39 is 0 Å². The quantitative estimate of drug-likeness (QED) is 0.770. The lowest BCUT2D eigenvalue weighted by molar-refractivity contribution is 0.355. The lowest BCUT2D eigenvalue weighted by Gasteiger charge is -2.23. The van der Waals surface area contributed by atoms with Crippen molar-refractivity contribution in [3.63, 3.8) is 0 Å².